The molecule has 0 fully saturated rings. The molecule has 0 saturated heterocycles. The summed E-state index contributed by atoms with van der Waals surface area (Å²) in [4.78, 5) is 13.6. The second-order valence-electron chi connectivity index (χ2n) is 4.98. The number of amides is 1. The fourth-order valence-corrected chi connectivity index (χ4v) is 1.77. The van der Waals surface area contributed by atoms with Crippen molar-refractivity contribution in [1.29, 1.82) is 0 Å². The lowest BCUT2D eigenvalue weighted by Gasteiger charge is -2.22. The Morgan fingerprint density at radius 2 is 2.11 bits per heavy atom. The average molecular weight is 264 g/mol. The first-order valence-electron chi connectivity index (χ1n) is 6.59. The van der Waals surface area contributed by atoms with Crippen molar-refractivity contribution in [2.45, 2.75) is 33.4 Å². The van der Waals surface area contributed by atoms with Crippen LogP contribution >= 0.6 is 0 Å². The molecular weight excluding hydrogens is 240 g/mol. The highest BCUT2D eigenvalue weighted by molar-refractivity contribution is 5.77. The highest BCUT2D eigenvalue weighted by Crippen LogP contribution is 2.23. The van der Waals surface area contributed by atoms with E-state index >= 15 is 0 Å². The van der Waals surface area contributed by atoms with Crippen LogP contribution in [0, 0.1) is 6.92 Å². The predicted octanol–water partition coefficient (Wildman–Crippen LogP) is 1.96. The lowest BCUT2D eigenvalue weighted by Crippen LogP contribution is -2.36. The molecule has 0 aliphatic rings. The smallest absolute Gasteiger partial charge is 0.260 e. The third-order valence-corrected chi connectivity index (χ3v) is 3.17. The van der Waals surface area contributed by atoms with Crippen LogP contribution in [0.5, 0.6) is 5.75 Å². The standard InChI is InChI=1S/C15H24N2O2/c1-11(2)17(5)14(18)10-19-15-12(3)7-6-8-13(15)9-16-4/h6-8,11,16H,9-10H2,1-5H3. The Hall–Kier alpha value is -1.55. The molecule has 4 heteroatoms. The number of carbonyl (C=O) groups excluding carboxylic acids is 1. The molecule has 0 bridgehead atoms. The molecule has 0 saturated carbocycles. The van der Waals surface area contributed by atoms with Crippen molar-refractivity contribution in [3.8, 4) is 5.75 Å². The number of nitrogens with zero attached hydrogens (tertiary/aromatic N) is 1. The largest absolute Gasteiger partial charge is 0.483 e. The van der Waals surface area contributed by atoms with Gasteiger partial charge < -0.3 is 15.0 Å². The molecular formula is C15H24N2O2. The molecule has 0 spiro atoms. The Balaban J connectivity index is 2.74. The second kappa shape index (κ2) is 7.14. The van der Waals surface area contributed by atoms with E-state index in [-0.39, 0.29) is 18.6 Å². The van der Waals surface area contributed by atoms with Gasteiger partial charge in [-0.1, -0.05) is 18.2 Å². The molecule has 1 amide bonds. The quantitative estimate of drug-likeness (QED) is 0.854. The minimum absolute atomic E-state index is 0.00587. The molecule has 1 rings (SSSR count). The Kier molecular flexibility index (Phi) is 5.83. The number of carbonyl (C=O) groups is 1. The van der Waals surface area contributed by atoms with Crippen LogP contribution in [0.3, 0.4) is 0 Å². The molecule has 0 radical (unpaired) electrons. The molecule has 0 heterocycles. The normalized spacial score (nSPS) is 10.6. The monoisotopic (exact) mass is 264 g/mol. The van der Waals surface area contributed by atoms with Crippen molar-refractivity contribution in [3.63, 3.8) is 0 Å². The molecule has 0 aliphatic carbocycles. The number of hydrogen-bond donors (Lipinski definition) is 1. The fraction of sp³-hybridized carbons (Fsp3) is 0.533. The predicted molar refractivity (Wildman–Crippen MR) is 77.3 cm³/mol. The highest BCUT2D eigenvalue weighted by Gasteiger charge is 2.14. The van der Waals surface area contributed by atoms with E-state index in [1.807, 2.05) is 46.0 Å². The van der Waals surface area contributed by atoms with Crippen molar-refractivity contribution in [2.24, 2.45) is 0 Å². The minimum Gasteiger partial charge on any atom is -0.483 e. The molecule has 1 aromatic carbocycles. The zero-order valence-electron chi connectivity index (χ0n) is 12.5. The third-order valence-electron chi connectivity index (χ3n) is 3.17. The van der Waals surface area contributed by atoms with E-state index in [1.165, 1.54) is 0 Å². The van der Waals surface area contributed by atoms with Gasteiger partial charge in [0.2, 0.25) is 0 Å². The summed E-state index contributed by atoms with van der Waals surface area (Å²) < 4.78 is 5.72. The van der Waals surface area contributed by atoms with E-state index in [0.29, 0.717) is 0 Å². The first-order valence-corrected chi connectivity index (χ1v) is 6.59. The van der Waals surface area contributed by atoms with Gasteiger partial charge in [0.1, 0.15) is 5.75 Å². The summed E-state index contributed by atoms with van der Waals surface area (Å²) in [6, 6.07) is 6.18. The number of para-hydroxylation sites is 1. The van der Waals surface area contributed by atoms with Gasteiger partial charge in [-0.15, -0.1) is 0 Å². The van der Waals surface area contributed by atoms with Crippen molar-refractivity contribution >= 4 is 5.91 Å². The zero-order valence-corrected chi connectivity index (χ0v) is 12.5. The van der Waals surface area contributed by atoms with Gasteiger partial charge in [0, 0.05) is 25.2 Å². The Labute approximate surface area is 115 Å². The van der Waals surface area contributed by atoms with E-state index in [9.17, 15) is 4.79 Å². The molecule has 0 atom stereocenters. The molecule has 1 N–H and O–H groups in total. The van der Waals surface area contributed by atoms with Gasteiger partial charge >= 0.3 is 0 Å². The summed E-state index contributed by atoms with van der Waals surface area (Å²) in [6.45, 7) is 6.77. The van der Waals surface area contributed by atoms with Crippen LogP contribution in [-0.2, 0) is 11.3 Å². The van der Waals surface area contributed by atoms with Crippen LogP contribution in [-0.4, -0.2) is 37.6 Å². The van der Waals surface area contributed by atoms with Gasteiger partial charge in [-0.25, -0.2) is 0 Å². The van der Waals surface area contributed by atoms with E-state index in [2.05, 4.69) is 5.32 Å². The van der Waals surface area contributed by atoms with E-state index in [4.69, 9.17) is 4.74 Å². The summed E-state index contributed by atoms with van der Waals surface area (Å²) in [5, 5.41) is 3.10. The third kappa shape index (κ3) is 4.24. The van der Waals surface area contributed by atoms with Gasteiger partial charge in [0.05, 0.1) is 0 Å². The number of hydrogen-bond acceptors (Lipinski definition) is 3. The fourth-order valence-electron chi connectivity index (χ4n) is 1.77. The maximum atomic E-state index is 11.9. The molecule has 0 aromatic heterocycles. The first kappa shape index (κ1) is 15.5. The van der Waals surface area contributed by atoms with Crippen LogP contribution in [0.25, 0.3) is 0 Å². The van der Waals surface area contributed by atoms with Gasteiger partial charge in [0.25, 0.3) is 5.91 Å². The van der Waals surface area contributed by atoms with E-state index in [0.717, 1.165) is 23.4 Å². The van der Waals surface area contributed by atoms with Crippen LogP contribution in [0.2, 0.25) is 0 Å². The number of nitrogens with one attached hydrogen (secondary N) is 1. The molecule has 4 nitrogen and oxygen atoms in total. The average Bonchev–Trinajstić information content (AvgIpc) is 2.37. The Bertz CT molecular complexity index is 430. The van der Waals surface area contributed by atoms with Gasteiger partial charge in [0.15, 0.2) is 6.61 Å². The summed E-state index contributed by atoms with van der Waals surface area (Å²) >= 11 is 0. The maximum Gasteiger partial charge on any atom is 0.260 e. The Morgan fingerprint density at radius 3 is 2.68 bits per heavy atom. The number of likely N-dealkylation sites (N-methyl/N-ethyl adjacent to an activating group) is 1. The first-order chi connectivity index (χ1) is 8.97. The lowest BCUT2D eigenvalue weighted by molar-refractivity contribution is -0.133. The molecule has 1 aromatic rings. The lowest BCUT2D eigenvalue weighted by atomic mass is 10.1. The van der Waals surface area contributed by atoms with Crippen LogP contribution < -0.4 is 10.1 Å². The van der Waals surface area contributed by atoms with Gasteiger partial charge in [-0.3, -0.25) is 4.79 Å². The number of ether oxygens (including phenoxy) is 1. The van der Waals surface area contributed by atoms with E-state index < -0.39 is 0 Å². The van der Waals surface area contributed by atoms with Crippen LogP contribution in [0.15, 0.2) is 18.2 Å². The van der Waals surface area contributed by atoms with Gasteiger partial charge in [-0.2, -0.15) is 0 Å². The highest BCUT2D eigenvalue weighted by atomic mass is 16.5. The minimum atomic E-state index is -0.00587. The van der Waals surface area contributed by atoms with Crippen molar-refractivity contribution in [2.75, 3.05) is 20.7 Å². The molecule has 19 heavy (non-hydrogen) atoms. The summed E-state index contributed by atoms with van der Waals surface area (Å²) in [5.74, 6) is 0.802. The maximum absolute atomic E-state index is 11.9. The number of benzene rings is 1. The Morgan fingerprint density at radius 1 is 1.42 bits per heavy atom. The SMILES string of the molecule is CNCc1cccc(C)c1OCC(=O)N(C)C(C)C. The molecule has 0 unspecified atom stereocenters. The van der Waals surface area contributed by atoms with Crippen LogP contribution in [0.1, 0.15) is 25.0 Å². The van der Waals surface area contributed by atoms with E-state index in [1.54, 1.807) is 11.9 Å². The van der Waals surface area contributed by atoms with Crippen molar-refractivity contribution in [3.05, 3.63) is 29.3 Å². The molecule has 106 valence electrons. The second-order valence-corrected chi connectivity index (χ2v) is 4.98. The zero-order chi connectivity index (χ0) is 14.4. The summed E-state index contributed by atoms with van der Waals surface area (Å²) in [5.41, 5.74) is 2.12. The van der Waals surface area contributed by atoms with Crippen LogP contribution in [0.4, 0.5) is 0 Å². The summed E-state index contributed by atoms with van der Waals surface area (Å²) in [6.07, 6.45) is 0. The van der Waals surface area contributed by atoms with Crippen molar-refractivity contribution in [1.82, 2.24) is 10.2 Å². The van der Waals surface area contributed by atoms with Gasteiger partial charge in [-0.05, 0) is 33.4 Å². The number of rotatable bonds is 6. The molecule has 0 aliphatic heterocycles. The summed E-state index contributed by atoms with van der Waals surface area (Å²) in [7, 11) is 3.69. The van der Waals surface area contributed by atoms with Crippen molar-refractivity contribution < 1.29 is 9.53 Å². The topological polar surface area (TPSA) is 41.6 Å². The number of aryl methyl sites for hydroxylation is 1.